The number of halogens is 1. The zero-order valence-corrected chi connectivity index (χ0v) is 11.8. The smallest absolute Gasteiger partial charge is 0.105 e. The van der Waals surface area contributed by atoms with Gasteiger partial charge in [-0.3, -0.25) is 0 Å². The fourth-order valence-electron chi connectivity index (χ4n) is 2.14. The summed E-state index contributed by atoms with van der Waals surface area (Å²) in [5, 5.41) is 0. The Balaban J connectivity index is 2.46. The van der Waals surface area contributed by atoms with Gasteiger partial charge in [0, 0.05) is 18.6 Å². The molecule has 1 rings (SSSR count). The van der Waals surface area contributed by atoms with Gasteiger partial charge < -0.3 is 14.2 Å². The molecule has 0 aliphatic heterocycles. The molecule has 1 aliphatic rings. The molecule has 15 heavy (non-hydrogen) atoms. The van der Waals surface area contributed by atoms with Gasteiger partial charge in [-0.1, -0.05) is 35.4 Å². The molecule has 0 aromatic heterocycles. The zero-order valence-electron chi connectivity index (χ0n) is 9.63. The van der Waals surface area contributed by atoms with Gasteiger partial charge in [0.1, 0.15) is 6.10 Å². The molecule has 1 aliphatic carbocycles. The van der Waals surface area contributed by atoms with Gasteiger partial charge in [0.2, 0.25) is 0 Å². The summed E-state index contributed by atoms with van der Waals surface area (Å²) in [5.41, 5.74) is 0.0856. The molecule has 0 heterocycles. The summed E-state index contributed by atoms with van der Waals surface area (Å²) in [5.74, 6) is 0. The first-order valence-electron chi connectivity index (χ1n) is 5.48. The van der Waals surface area contributed by atoms with Gasteiger partial charge >= 0.3 is 0 Å². The predicted molar refractivity (Wildman–Crippen MR) is 68.7 cm³/mol. The molecule has 0 atom stereocenters. The van der Waals surface area contributed by atoms with Gasteiger partial charge in [0.25, 0.3) is 0 Å². The van der Waals surface area contributed by atoms with Crippen molar-refractivity contribution in [1.82, 2.24) is 0 Å². The molecular weight excluding hydrogens is 307 g/mol. The SMILES string of the molecule is COCC(COC)OC1(CI)CCCC1. The van der Waals surface area contributed by atoms with Crippen LogP contribution in [0.25, 0.3) is 0 Å². The largest absolute Gasteiger partial charge is 0.382 e. The number of ether oxygens (including phenoxy) is 3. The van der Waals surface area contributed by atoms with Crippen molar-refractivity contribution in [3.8, 4) is 0 Å². The fraction of sp³-hybridized carbons (Fsp3) is 1.00. The average Bonchev–Trinajstić information content (AvgIpc) is 2.68. The van der Waals surface area contributed by atoms with Crippen LogP contribution in [0.5, 0.6) is 0 Å². The van der Waals surface area contributed by atoms with Crippen molar-refractivity contribution >= 4 is 22.6 Å². The Hall–Kier alpha value is 0.610. The van der Waals surface area contributed by atoms with Crippen LogP contribution in [-0.2, 0) is 14.2 Å². The maximum Gasteiger partial charge on any atom is 0.105 e. The van der Waals surface area contributed by atoms with Crippen LogP contribution in [0, 0.1) is 0 Å². The lowest BCUT2D eigenvalue weighted by atomic mass is 10.1. The average molecular weight is 328 g/mol. The van der Waals surface area contributed by atoms with E-state index in [1.54, 1.807) is 14.2 Å². The first-order chi connectivity index (χ1) is 7.26. The summed E-state index contributed by atoms with van der Waals surface area (Å²) < 4.78 is 17.5. The predicted octanol–water partition coefficient (Wildman–Crippen LogP) is 2.41. The Labute approximate surface area is 106 Å². The maximum atomic E-state index is 6.17. The molecule has 0 aromatic rings. The quantitative estimate of drug-likeness (QED) is 0.531. The second-order valence-electron chi connectivity index (χ2n) is 4.17. The second kappa shape index (κ2) is 7.04. The van der Waals surface area contributed by atoms with E-state index in [4.69, 9.17) is 14.2 Å². The summed E-state index contributed by atoms with van der Waals surface area (Å²) in [4.78, 5) is 0. The molecule has 0 bridgehead atoms. The Morgan fingerprint density at radius 2 is 1.67 bits per heavy atom. The highest BCUT2D eigenvalue weighted by atomic mass is 127. The van der Waals surface area contributed by atoms with Crippen molar-refractivity contribution in [3.63, 3.8) is 0 Å². The molecule has 0 amide bonds. The van der Waals surface area contributed by atoms with E-state index in [0.717, 1.165) is 4.43 Å². The van der Waals surface area contributed by atoms with Gasteiger partial charge in [-0.2, -0.15) is 0 Å². The minimum atomic E-state index is 0.0767. The molecule has 4 heteroatoms. The van der Waals surface area contributed by atoms with E-state index in [9.17, 15) is 0 Å². The molecule has 3 nitrogen and oxygen atoms in total. The highest BCUT2D eigenvalue weighted by Crippen LogP contribution is 2.35. The lowest BCUT2D eigenvalue weighted by Crippen LogP contribution is -2.39. The standard InChI is InChI=1S/C11H21IO3/c1-13-7-10(8-14-2)15-11(9-12)5-3-4-6-11/h10H,3-9H2,1-2H3. The topological polar surface area (TPSA) is 27.7 Å². The van der Waals surface area contributed by atoms with Crippen LogP contribution in [0.2, 0.25) is 0 Å². The van der Waals surface area contributed by atoms with Gasteiger partial charge in [0.05, 0.1) is 18.8 Å². The van der Waals surface area contributed by atoms with Crippen LogP contribution in [0.15, 0.2) is 0 Å². The molecular formula is C11H21IO3. The summed E-state index contributed by atoms with van der Waals surface area (Å²) in [6, 6.07) is 0. The Bertz CT molecular complexity index is 163. The van der Waals surface area contributed by atoms with Crippen molar-refractivity contribution in [3.05, 3.63) is 0 Å². The Kier molecular flexibility index (Phi) is 6.42. The third-order valence-corrected chi connectivity index (χ3v) is 4.27. The molecule has 1 fully saturated rings. The molecule has 0 N–H and O–H groups in total. The van der Waals surface area contributed by atoms with Crippen LogP contribution in [0.4, 0.5) is 0 Å². The van der Waals surface area contributed by atoms with Crippen molar-refractivity contribution in [2.45, 2.75) is 37.4 Å². The minimum Gasteiger partial charge on any atom is -0.382 e. The molecule has 0 saturated heterocycles. The van der Waals surface area contributed by atoms with E-state index < -0.39 is 0 Å². The van der Waals surface area contributed by atoms with Gasteiger partial charge in [0.15, 0.2) is 0 Å². The zero-order chi connectivity index (χ0) is 11.1. The van der Waals surface area contributed by atoms with Gasteiger partial charge in [-0.05, 0) is 12.8 Å². The number of hydrogen-bond acceptors (Lipinski definition) is 3. The number of rotatable bonds is 7. The Morgan fingerprint density at radius 3 is 2.07 bits per heavy atom. The van der Waals surface area contributed by atoms with Crippen LogP contribution < -0.4 is 0 Å². The van der Waals surface area contributed by atoms with E-state index in [2.05, 4.69) is 22.6 Å². The van der Waals surface area contributed by atoms with Crippen molar-refractivity contribution < 1.29 is 14.2 Å². The highest BCUT2D eigenvalue weighted by Gasteiger charge is 2.36. The number of methoxy groups -OCH3 is 2. The third-order valence-electron chi connectivity index (χ3n) is 2.88. The fourth-order valence-corrected chi connectivity index (χ4v) is 3.09. The van der Waals surface area contributed by atoms with Crippen LogP contribution in [-0.4, -0.2) is 43.6 Å². The number of hydrogen-bond donors (Lipinski definition) is 0. The molecule has 0 aromatic carbocycles. The van der Waals surface area contributed by atoms with Crippen molar-refractivity contribution in [2.24, 2.45) is 0 Å². The second-order valence-corrected chi connectivity index (χ2v) is 4.94. The van der Waals surface area contributed by atoms with Crippen molar-refractivity contribution in [2.75, 3.05) is 31.9 Å². The van der Waals surface area contributed by atoms with E-state index in [0.29, 0.717) is 13.2 Å². The van der Waals surface area contributed by atoms with Crippen LogP contribution in [0.1, 0.15) is 25.7 Å². The summed E-state index contributed by atoms with van der Waals surface area (Å²) >= 11 is 2.43. The minimum absolute atomic E-state index is 0.0767. The molecule has 90 valence electrons. The van der Waals surface area contributed by atoms with E-state index >= 15 is 0 Å². The molecule has 0 radical (unpaired) electrons. The summed E-state index contributed by atoms with van der Waals surface area (Å²) in [7, 11) is 3.41. The summed E-state index contributed by atoms with van der Waals surface area (Å²) in [6.45, 7) is 1.23. The maximum absolute atomic E-state index is 6.17. The first-order valence-corrected chi connectivity index (χ1v) is 7.00. The highest BCUT2D eigenvalue weighted by molar-refractivity contribution is 14.1. The lowest BCUT2D eigenvalue weighted by Gasteiger charge is -2.32. The Morgan fingerprint density at radius 1 is 1.13 bits per heavy atom. The van der Waals surface area contributed by atoms with Gasteiger partial charge in [-0.15, -0.1) is 0 Å². The number of alkyl halides is 1. The van der Waals surface area contributed by atoms with Crippen molar-refractivity contribution in [1.29, 1.82) is 0 Å². The first kappa shape index (κ1) is 13.7. The van der Waals surface area contributed by atoms with Gasteiger partial charge in [-0.25, -0.2) is 0 Å². The molecule has 0 spiro atoms. The summed E-state index contributed by atoms with van der Waals surface area (Å²) in [6.07, 6.45) is 5.01. The monoisotopic (exact) mass is 328 g/mol. The lowest BCUT2D eigenvalue weighted by molar-refractivity contribution is -0.119. The van der Waals surface area contributed by atoms with E-state index in [-0.39, 0.29) is 11.7 Å². The van der Waals surface area contributed by atoms with Crippen LogP contribution in [0.3, 0.4) is 0 Å². The normalized spacial score (nSPS) is 20.0. The van der Waals surface area contributed by atoms with Crippen LogP contribution >= 0.6 is 22.6 Å². The molecule has 1 saturated carbocycles. The van der Waals surface area contributed by atoms with E-state index in [1.807, 2.05) is 0 Å². The molecule has 0 unspecified atom stereocenters. The van der Waals surface area contributed by atoms with E-state index in [1.165, 1.54) is 25.7 Å². The third kappa shape index (κ3) is 4.17.